The summed E-state index contributed by atoms with van der Waals surface area (Å²) in [5.41, 5.74) is 0. The van der Waals surface area contributed by atoms with Gasteiger partial charge < -0.3 is 14.9 Å². The van der Waals surface area contributed by atoms with Crippen molar-refractivity contribution >= 4 is 11.9 Å². The van der Waals surface area contributed by atoms with Crippen LogP contribution in [0.1, 0.15) is 96.8 Å². The van der Waals surface area contributed by atoms with Crippen LogP contribution in [0.15, 0.2) is 0 Å². The van der Waals surface area contributed by atoms with Crippen molar-refractivity contribution in [3.8, 4) is 0 Å². The number of aliphatic carboxylic acids is 1. The topological polar surface area (TPSA) is 83.8 Å². The van der Waals surface area contributed by atoms with Crippen molar-refractivity contribution in [3.63, 3.8) is 0 Å². The monoisotopic (exact) mass is 358 g/mol. The summed E-state index contributed by atoms with van der Waals surface area (Å²) in [7, 11) is 0. The first-order chi connectivity index (χ1) is 12.1. The average molecular weight is 359 g/mol. The summed E-state index contributed by atoms with van der Waals surface area (Å²) in [6, 6.07) is 0. The summed E-state index contributed by atoms with van der Waals surface area (Å²) >= 11 is 0. The molecule has 0 radical (unpaired) electrons. The molecule has 5 nitrogen and oxygen atoms in total. The lowest BCUT2D eigenvalue weighted by Crippen LogP contribution is -2.07. The summed E-state index contributed by atoms with van der Waals surface area (Å²) in [5.74, 6) is -0.141. The van der Waals surface area contributed by atoms with Gasteiger partial charge >= 0.3 is 11.9 Å². The first kappa shape index (κ1) is 23.9. The maximum Gasteiger partial charge on any atom is 0.305 e. The molecule has 2 N–H and O–H groups in total. The van der Waals surface area contributed by atoms with E-state index in [9.17, 15) is 9.59 Å². The molecule has 0 rings (SSSR count). The Balaban J connectivity index is 3.27. The molecule has 1 atom stereocenters. The molecular weight excluding hydrogens is 320 g/mol. The van der Waals surface area contributed by atoms with Crippen LogP contribution in [-0.4, -0.2) is 35.4 Å². The summed E-state index contributed by atoms with van der Waals surface area (Å²) < 4.78 is 4.82. The molecule has 0 aliphatic rings. The molecule has 0 saturated carbocycles. The molecule has 1 unspecified atom stereocenters. The number of aliphatic hydroxyl groups excluding tert-OH is 1. The van der Waals surface area contributed by atoms with E-state index in [1.165, 1.54) is 38.5 Å². The first-order valence-corrected chi connectivity index (χ1v) is 10.0. The van der Waals surface area contributed by atoms with E-state index in [2.05, 4.69) is 6.92 Å². The molecule has 0 aromatic heterocycles. The molecule has 25 heavy (non-hydrogen) atoms. The Labute approximate surface area is 153 Å². The van der Waals surface area contributed by atoms with Crippen molar-refractivity contribution in [2.75, 3.05) is 13.2 Å². The Bertz CT molecular complexity index is 330. The molecule has 0 aliphatic heterocycles. The van der Waals surface area contributed by atoms with Crippen LogP contribution in [0.3, 0.4) is 0 Å². The number of carboxylic acids is 1. The third kappa shape index (κ3) is 19.1. The van der Waals surface area contributed by atoms with E-state index in [0.29, 0.717) is 12.8 Å². The van der Waals surface area contributed by atoms with E-state index < -0.39 is 5.97 Å². The predicted molar refractivity (Wildman–Crippen MR) is 99.5 cm³/mol. The largest absolute Gasteiger partial charge is 0.481 e. The summed E-state index contributed by atoms with van der Waals surface area (Å²) in [5, 5.41) is 17.1. The summed E-state index contributed by atoms with van der Waals surface area (Å²) in [6.07, 6.45) is 14.4. The lowest BCUT2D eigenvalue weighted by atomic mass is 9.96. The van der Waals surface area contributed by atoms with Crippen molar-refractivity contribution in [1.29, 1.82) is 0 Å². The Kier molecular flexibility index (Phi) is 16.9. The normalized spacial score (nSPS) is 12.1. The van der Waals surface area contributed by atoms with Gasteiger partial charge in [0, 0.05) is 12.8 Å². The number of hydrogen-bond donors (Lipinski definition) is 2. The third-order valence-corrected chi connectivity index (χ3v) is 4.52. The van der Waals surface area contributed by atoms with Gasteiger partial charge in [0.2, 0.25) is 0 Å². The van der Waals surface area contributed by atoms with E-state index in [-0.39, 0.29) is 19.2 Å². The highest BCUT2D eigenvalue weighted by molar-refractivity contribution is 5.69. The zero-order chi connectivity index (χ0) is 18.8. The number of unbranched alkanes of at least 4 members (excludes halogenated alkanes) is 8. The zero-order valence-corrected chi connectivity index (χ0v) is 16.0. The maximum absolute atomic E-state index is 11.3. The number of carbonyl (C=O) groups excluding carboxylic acids is 1. The molecule has 0 spiro atoms. The van der Waals surface area contributed by atoms with Crippen LogP contribution in [-0.2, 0) is 14.3 Å². The maximum atomic E-state index is 11.3. The summed E-state index contributed by atoms with van der Waals surface area (Å²) in [4.78, 5) is 21.6. The van der Waals surface area contributed by atoms with Crippen LogP contribution >= 0.6 is 0 Å². The number of hydrogen-bond acceptors (Lipinski definition) is 4. The Morgan fingerprint density at radius 3 is 1.84 bits per heavy atom. The highest BCUT2D eigenvalue weighted by atomic mass is 16.5. The molecule has 0 amide bonds. The standard InChI is InChI=1S/C20H38O5/c1-18(13-9-7-11-15-20(24)25-17-16-21)12-8-5-3-2-4-6-10-14-19(22)23/h18,21H,2-17H2,1H3,(H,22,23). The van der Waals surface area contributed by atoms with Gasteiger partial charge in [-0.25, -0.2) is 0 Å². The van der Waals surface area contributed by atoms with Gasteiger partial charge in [0.25, 0.3) is 0 Å². The molecule has 0 aromatic carbocycles. The van der Waals surface area contributed by atoms with Crippen molar-refractivity contribution < 1.29 is 24.5 Å². The second-order valence-corrected chi connectivity index (χ2v) is 7.06. The zero-order valence-electron chi connectivity index (χ0n) is 16.0. The van der Waals surface area contributed by atoms with E-state index >= 15 is 0 Å². The molecular formula is C20H38O5. The van der Waals surface area contributed by atoms with Gasteiger partial charge in [-0.05, 0) is 18.8 Å². The Hall–Kier alpha value is -1.10. The van der Waals surface area contributed by atoms with Crippen molar-refractivity contribution in [2.45, 2.75) is 96.8 Å². The fourth-order valence-electron chi connectivity index (χ4n) is 2.97. The smallest absolute Gasteiger partial charge is 0.305 e. The quantitative estimate of drug-likeness (QED) is 0.274. The summed E-state index contributed by atoms with van der Waals surface area (Å²) in [6.45, 7) is 2.31. The molecule has 0 aliphatic carbocycles. The second kappa shape index (κ2) is 17.7. The lowest BCUT2D eigenvalue weighted by Gasteiger charge is -2.11. The Morgan fingerprint density at radius 1 is 0.800 bits per heavy atom. The average Bonchev–Trinajstić information content (AvgIpc) is 2.57. The van der Waals surface area contributed by atoms with Crippen LogP contribution in [0.2, 0.25) is 0 Å². The molecule has 148 valence electrons. The molecule has 0 bridgehead atoms. The number of rotatable bonds is 18. The SMILES string of the molecule is CC(CCCCCCCCCC(=O)O)CCCCCC(=O)OCCO. The minimum absolute atomic E-state index is 0.103. The number of carboxylic acid groups (broad SMARTS) is 1. The second-order valence-electron chi connectivity index (χ2n) is 7.06. The van der Waals surface area contributed by atoms with E-state index in [1.54, 1.807) is 0 Å². The highest BCUT2D eigenvalue weighted by Crippen LogP contribution is 2.18. The molecule has 0 heterocycles. The highest BCUT2D eigenvalue weighted by Gasteiger charge is 2.05. The first-order valence-electron chi connectivity index (χ1n) is 10.0. The number of esters is 1. The van der Waals surface area contributed by atoms with Gasteiger partial charge in [-0.1, -0.05) is 71.1 Å². The van der Waals surface area contributed by atoms with E-state index in [1.807, 2.05) is 0 Å². The molecule has 0 fully saturated rings. The van der Waals surface area contributed by atoms with E-state index in [0.717, 1.165) is 44.4 Å². The van der Waals surface area contributed by atoms with Crippen molar-refractivity contribution in [1.82, 2.24) is 0 Å². The van der Waals surface area contributed by atoms with E-state index in [4.69, 9.17) is 14.9 Å². The van der Waals surface area contributed by atoms with Crippen LogP contribution in [0.25, 0.3) is 0 Å². The lowest BCUT2D eigenvalue weighted by molar-refractivity contribution is -0.144. The van der Waals surface area contributed by atoms with Gasteiger partial charge in [0.05, 0.1) is 6.61 Å². The molecule has 0 saturated heterocycles. The van der Waals surface area contributed by atoms with Gasteiger partial charge in [0.1, 0.15) is 6.61 Å². The third-order valence-electron chi connectivity index (χ3n) is 4.52. The minimum Gasteiger partial charge on any atom is -0.481 e. The number of aliphatic hydroxyl groups is 1. The molecule has 5 heteroatoms. The van der Waals surface area contributed by atoms with Crippen LogP contribution in [0.5, 0.6) is 0 Å². The number of ether oxygens (including phenoxy) is 1. The van der Waals surface area contributed by atoms with Gasteiger partial charge in [-0.2, -0.15) is 0 Å². The fraction of sp³-hybridized carbons (Fsp3) is 0.900. The fourth-order valence-corrected chi connectivity index (χ4v) is 2.97. The van der Waals surface area contributed by atoms with Gasteiger partial charge in [-0.15, -0.1) is 0 Å². The number of carbonyl (C=O) groups is 2. The van der Waals surface area contributed by atoms with Crippen LogP contribution in [0.4, 0.5) is 0 Å². The van der Waals surface area contributed by atoms with Gasteiger partial charge in [0.15, 0.2) is 0 Å². The Morgan fingerprint density at radius 2 is 1.28 bits per heavy atom. The van der Waals surface area contributed by atoms with Crippen molar-refractivity contribution in [2.24, 2.45) is 5.92 Å². The van der Waals surface area contributed by atoms with Crippen LogP contribution < -0.4 is 0 Å². The van der Waals surface area contributed by atoms with Crippen molar-refractivity contribution in [3.05, 3.63) is 0 Å². The predicted octanol–water partition coefficient (Wildman–Crippen LogP) is 4.70. The van der Waals surface area contributed by atoms with Crippen LogP contribution in [0, 0.1) is 5.92 Å². The van der Waals surface area contributed by atoms with Gasteiger partial charge in [-0.3, -0.25) is 9.59 Å². The minimum atomic E-state index is -0.685. The molecule has 0 aromatic rings.